The lowest BCUT2D eigenvalue weighted by Crippen LogP contribution is -2.28. The van der Waals surface area contributed by atoms with E-state index < -0.39 is 0 Å². The molecule has 0 spiro atoms. The van der Waals surface area contributed by atoms with Crippen molar-refractivity contribution in [2.75, 3.05) is 13.1 Å². The van der Waals surface area contributed by atoms with Gasteiger partial charge in [0.25, 0.3) is 5.91 Å². The van der Waals surface area contributed by atoms with Crippen LogP contribution in [0.4, 0.5) is 0 Å². The molecule has 1 aliphatic rings. The van der Waals surface area contributed by atoms with Crippen molar-refractivity contribution in [2.24, 2.45) is 0 Å². The Bertz CT molecular complexity index is 606. The van der Waals surface area contributed by atoms with Crippen molar-refractivity contribution in [1.82, 2.24) is 4.90 Å². The minimum absolute atomic E-state index is 0.184. The van der Waals surface area contributed by atoms with Gasteiger partial charge in [0.15, 0.2) is 0 Å². The van der Waals surface area contributed by atoms with Crippen molar-refractivity contribution in [3.05, 3.63) is 65.7 Å². The van der Waals surface area contributed by atoms with Crippen LogP contribution < -0.4 is 0 Å². The minimum atomic E-state index is 0.184. The molecular weight excluding hydrogens is 278 g/mol. The standard InChI is InChI=1S/C18H19NOS/c20-18(19-12-6-7-13-19)16-10-4-5-11-17(16)21-14-15-8-2-1-3-9-15/h1-5,8-11H,6-7,12-14H2. The number of rotatable bonds is 4. The fraction of sp³-hybridized carbons (Fsp3) is 0.278. The van der Waals surface area contributed by atoms with Crippen LogP contribution in [0.2, 0.25) is 0 Å². The van der Waals surface area contributed by atoms with Crippen LogP contribution >= 0.6 is 11.8 Å². The fourth-order valence-corrected chi connectivity index (χ4v) is 3.60. The molecule has 0 aromatic heterocycles. The molecule has 3 rings (SSSR count). The largest absolute Gasteiger partial charge is 0.339 e. The molecule has 0 unspecified atom stereocenters. The van der Waals surface area contributed by atoms with Crippen LogP contribution in [0.25, 0.3) is 0 Å². The predicted molar refractivity (Wildman–Crippen MR) is 87.6 cm³/mol. The Labute approximate surface area is 130 Å². The highest BCUT2D eigenvalue weighted by atomic mass is 32.2. The van der Waals surface area contributed by atoms with Crippen molar-refractivity contribution in [3.63, 3.8) is 0 Å². The first kappa shape index (κ1) is 14.2. The van der Waals surface area contributed by atoms with Gasteiger partial charge in [-0.05, 0) is 30.5 Å². The van der Waals surface area contributed by atoms with E-state index in [1.807, 2.05) is 29.2 Å². The van der Waals surface area contributed by atoms with Gasteiger partial charge in [0.1, 0.15) is 0 Å². The second-order valence-corrected chi connectivity index (χ2v) is 6.29. The van der Waals surface area contributed by atoms with E-state index in [4.69, 9.17) is 0 Å². The molecule has 3 heteroatoms. The molecule has 1 saturated heterocycles. The van der Waals surface area contributed by atoms with Crippen LogP contribution in [0.5, 0.6) is 0 Å². The normalized spacial score (nSPS) is 14.4. The molecule has 2 nitrogen and oxygen atoms in total. The van der Waals surface area contributed by atoms with Crippen molar-refractivity contribution in [1.29, 1.82) is 0 Å². The summed E-state index contributed by atoms with van der Waals surface area (Å²) in [6.45, 7) is 1.80. The van der Waals surface area contributed by atoms with Gasteiger partial charge in [-0.15, -0.1) is 11.8 Å². The minimum Gasteiger partial charge on any atom is -0.339 e. The molecule has 2 aromatic carbocycles. The maximum absolute atomic E-state index is 12.6. The SMILES string of the molecule is O=C(c1ccccc1SCc1ccccc1)N1CCCC1. The van der Waals surface area contributed by atoms with Crippen LogP contribution in [0, 0.1) is 0 Å². The Balaban J connectivity index is 1.74. The van der Waals surface area contributed by atoms with Crippen LogP contribution in [-0.2, 0) is 5.75 Å². The highest BCUT2D eigenvalue weighted by molar-refractivity contribution is 7.98. The number of thioether (sulfide) groups is 1. The van der Waals surface area contributed by atoms with E-state index in [1.54, 1.807) is 11.8 Å². The van der Waals surface area contributed by atoms with Gasteiger partial charge in [-0.1, -0.05) is 42.5 Å². The zero-order valence-corrected chi connectivity index (χ0v) is 12.8. The van der Waals surface area contributed by atoms with Crippen LogP contribution in [0.3, 0.4) is 0 Å². The third-order valence-electron chi connectivity index (χ3n) is 3.75. The molecule has 1 heterocycles. The number of likely N-dealkylation sites (tertiary alicyclic amines) is 1. The average Bonchev–Trinajstić information content (AvgIpc) is 3.08. The van der Waals surface area contributed by atoms with Crippen molar-refractivity contribution in [3.8, 4) is 0 Å². The Morgan fingerprint density at radius 3 is 2.38 bits per heavy atom. The Morgan fingerprint density at radius 2 is 1.62 bits per heavy atom. The van der Waals surface area contributed by atoms with Gasteiger partial charge in [-0.2, -0.15) is 0 Å². The molecule has 0 saturated carbocycles. The maximum Gasteiger partial charge on any atom is 0.254 e. The highest BCUT2D eigenvalue weighted by Crippen LogP contribution is 2.27. The smallest absolute Gasteiger partial charge is 0.254 e. The summed E-state index contributed by atoms with van der Waals surface area (Å²) in [6, 6.07) is 18.3. The quantitative estimate of drug-likeness (QED) is 0.788. The van der Waals surface area contributed by atoms with Gasteiger partial charge in [0.05, 0.1) is 5.56 Å². The first-order valence-electron chi connectivity index (χ1n) is 7.39. The summed E-state index contributed by atoms with van der Waals surface area (Å²) in [4.78, 5) is 15.6. The lowest BCUT2D eigenvalue weighted by molar-refractivity contribution is 0.0789. The molecule has 2 aromatic rings. The Morgan fingerprint density at radius 1 is 0.952 bits per heavy atom. The number of amides is 1. The summed E-state index contributed by atoms with van der Waals surface area (Å²) in [5.74, 6) is 1.08. The van der Waals surface area contributed by atoms with Gasteiger partial charge in [0.2, 0.25) is 0 Å². The molecule has 0 aliphatic carbocycles. The van der Waals surface area contributed by atoms with Crippen molar-refractivity contribution in [2.45, 2.75) is 23.5 Å². The van der Waals surface area contributed by atoms with Gasteiger partial charge in [-0.25, -0.2) is 0 Å². The molecule has 0 radical (unpaired) electrons. The molecule has 0 bridgehead atoms. The average molecular weight is 297 g/mol. The van der Waals surface area contributed by atoms with E-state index in [1.165, 1.54) is 5.56 Å². The first-order valence-corrected chi connectivity index (χ1v) is 8.38. The summed E-state index contributed by atoms with van der Waals surface area (Å²) < 4.78 is 0. The number of benzene rings is 2. The zero-order chi connectivity index (χ0) is 14.5. The van der Waals surface area contributed by atoms with E-state index in [0.717, 1.165) is 42.1 Å². The number of hydrogen-bond acceptors (Lipinski definition) is 2. The maximum atomic E-state index is 12.6. The zero-order valence-electron chi connectivity index (χ0n) is 12.0. The van der Waals surface area contributed by atoms with Gasteiger partial charge in [-0.3, -0.25) is 4.79 Å². The molecule has 0 atom stereocenters. The van der Waals surface area contributed by atoms with E-state index in [-0.39, 0.29) is 5.91 Å². The summed E-state index contributed by atoms with van der Waals surface area (Å²) in [6.07, 6.45) is 2.26. The molecule has 108 valence electrons. The highest BCUT2D eigenvalue weighted by Gasteiger charge is 2.21. The summed E-state index contributed by atoms with van der Waals surface area (Å²) in [7, 11) is 0. The lowest BCUT2D eigenvalue weighted by atomic mass is 10.2. The first-order chi connectivity index (χ1) is 10.3. The van der Waals surface area contributed by atoms with Gasteiger partial charge >= 0.3 is 0 Å². The Kier molecular flexibility index (Phi) is 4.61. The van der Waals surface area contributed by atoms with Gasteiger partial charge < -0.3 is 4.90 Å². The second-order valence-electron chi connectivity index (χ2n) is 5.27. The molecule has 1 aliphatic heterocycles. The van der Waals surface area contributed by atoms with E-state index in [0.29, 0.717) is 0 Å². The Hall–Kier alpha value is -1.74. The van der Waals surface area contributed by atoms with E-state index in [9.17, 15) is 4.79 Å². The molecule has 1 fully saturated rings. The van der Waals surface area contributed by atoms with Gasteiger partial charge in [0, 0.05) is 23.7 Å². The second kappa shape index (κ2) is 6.81. The number of nitrogens with zero attached hydrogens (tertiary/aromatic N) is 1. The molecule has 21 heavy (non-hydrogen) atoms. The molecular formula is C18H19NOS. The molecule has 1 amide bonds. The lowest BCUT2D eigenvalue weighted by Gasteiger charge is -2.17. The van der Waals surface area contributed by atoms with E-state index >= 15 is 0 Å². The number of carbonyl (C=O) groups excluding carboxylic acids is 1. The summed E-state index contributed by atoms with van der Waals surface area (Å²) in [5.41, 5.74) is 2.13. The van der Waals surface area contributed by atoms with Crippen LogP contribution in [0.15, 0.2) is 59.5 Å². The third-order valence-corrected chi connectivity index (χ3v) is 4.89. The van der Waals surface area contributed by atoms with Crippen molar-refractivity contribution < 1.29 is 4.79 Å². The summed E-state index contributed by atoms with van der Waals surface area (Å²) in [5, 5.41) is 0. The summed E-state index contributed by atoms with van der Waals surface area (Å²) >= 11 is 1.74. The topological polar surface area (TPSA) is 20.3 Å². The fourth-order valence-electron chi connectivity index (χ4n) is 2.60. The number of hydrogen-bond donors (Lipinski definition) is 0. The van der Waals surface area contributed by atoms with Crippen molar-refractivity contribution >= 4 is 17.7 Å². The molecule has 0 N–H and O–H groups in total. The number of carbonyl (C=O) groups is 1. The monoisotopic (exact) mass is 297 g/mol. The predicted octanol–water partition coefficient (Wildman–Crippen LogP) is 4.21. The van der Waals surface area contributed by atoms with Crippen LogP contribution in [0.1, 0.15) is 28.8 Å². The van der Waals surface area contributed by atoms with Crippen LogP contribution in [-0.4, -0.2) is 23.9 Å². The third kappa shape index (κ3) is 3.48. The van der Waals surface area contributed by atoms with E-state index in [2.05, 4.69) is 30.3 Å².